The van der Waals surface area contributed by atoms with E-state index < -0.39 is 8.07 Å². The van der Waals surface area contributed by atoms with Crippen LogP contribution in [0.1, 0.15) is 21.6 Å². The molecular weight excluding hydrogens is 252 g/mol. The number of imidazole rings is 1. The monoisotopic (exact) mass is 270 g/mol. The summed E-state index contributed by atoms with van der Waals surface area (Å²) in [5.41, 5.74) is 4.38. The lowest BCUT2D eigenvalue weighted by Gasteiger charge is -2.21. The average Bonchev–Trinajstić information content (AvgIpc) is 2.93. The number of aromatic nitrogens is 2. The summed E-state index contributed by atoms with van der Waals surface area (Å²) >= 11 is 0. The molecule has 2 aromatic rings. The molecule has 0 spiro atoms. The number of fused-ring (bicyclic) bond motifs is 1. The van der Waals surface area contributed by atoms with E-state index in [-0.39, 0.29) is 0 Å². The molecule has 0 atom stereocenters. The Morgan fingerprint density at radius 1 is 1.37 bits per heavy atom. The summed E-state index contributed by atoms with van der Waals surface area (Å²) < 4.78 is 2.10. The highest BCUT2D eigenvalue weighted by atomic mass is 28.3. The fraction of sp³-hybridized carbons (Fsp3) is 0.333. The van der Waals surface area contributed by atoms with Gasteiger partial charge in [-0.05, 0) is 42.3 Å². The zero-order chi connectivity index (χ0) is 13.6. The molecular formula is C15H18N2OSi. The van der Waals surface area contributed by atoms with Gasteiger partial charge in [0.2, 0.25) is 0 Å². The molecule has 1 aliphatic rings. The van der Waals surface area contributed by atoms with Crippen molar-refractivity contribution in [2.24, 2.45) is 0 Å². The molecule has 0 saturated heterocycles. The van der Waals surface area contributed by atoms with Gasteiger partial charge >= 0.3 is 0 Å². The Labute approximate surface area is 114 Å². The Bertz CT molecular complexity index is 658. The first-order valence-electron chi connectivity index (χ1n) is 6.65. The standard InChI is InChI=1S/C15H18N2OSi/c1-11-8-17(10-16-11)14-5-4-12(9-18)13-6-7-19(2,3)15(13)14/h4-5,8-10H,6-7H2,1-3H3. The van der Waals surface area contributed by atoms with Crippen molar-refractivity contribution in [2.45, 2.75) is 32.5 Å². The van der Waals surface area contributed by atoms with E-state index in [0.29, 0.717) is 0 Å². The van der Waals surface area contributed by atoms with Crippen LogP contribution in [0.4, 0.5) is 0 Å². The fourth-order valence-corrected chi connectivity index (χ4v) is 6.23. The lowest BCUT2D eigenvalue weighted by Crippen LogP contribution is -2.40. The molecule has 0 bridgehead atoms. The maximum absolute atomic E-state index is 11.2. The quantitative estimate of drug-likeness (QED) is 0.620. The van der Waals surface area contributed by atoms with Gasteiger partial charge in [0, 0.05) is 17.4 Å². The second kappa shape index (κ2) is 4.16. The van der Waals surface area contributed by atoms with Crippen molar-refractivity contribution in [3.63, 3.8) is 0 Å². The maximum atomic E-state index is 11.2. The molecule has 0 N–H and O–H groups in total. The van der Waals surface area contributed by atoms with Crippen molar-refractivity contribution >= 4 is 19.5 Å². The number of aryl methyl sites for hydroxylation is 1. The van der Waals surface area contributed by atoms with Crippen LogP contribution in [0.5, 0.6) is 0 Å². The Kier molecular flexibility index (Phi) is 2.71. The van der Waals surface area contributed by atoms with Gasteiger partial charge in [0.1, 0.15) is 6.29 Å². The largest absolute Gasteiger partial charge is 0.306 e. The molecule has 2 heterocycles. The third-order valence-corrected chi connectivity index (χ3v) is 7.53. The van der Waals surface area contributed by atoms with Crippen molar-refractivity contribution in [1.82, 2.24) is 9.55 Å². The smallest absolute Gasteiger partial charge is 0.150 e. The minimum atomic E-state index is -1.43. The van der Waals surface area contributed by atoms with Gasteiger partial charge in [-0.15, -0.1) is 0 Å². The number of carbonyl (C=O) groups excluding carboxylic acids is 1. The van der Waals surface area contributed by atoms with E-state index in [9.17, 15) is 4.79 Å². The van der Waals surface area contributed by atoms with Crippen LogP contribution in [0.2, 0.25) is 19.1 Å². The molecule has 0 unspecified atom stereocenters. The second-order valence-electron chi connectivity index (χ2n) is 5.95. The number of aldehydes is 1. The van der Waals surface area contributed by atoms with Gasteiger partial charge in [-0.2, -0.15) is 0 Å². The molecule has 3 nitrogen and oxygen atoms in total. The normalized spacial score (nSPS) is 16.4. The fourth-order valence-electron chi connectivity index (χ4n) is 3.12. The average molecular weight is 270 g/mol. The first-order chi connectivity index (χ1) is 9.03. The Hall–Kier alpha value is -1.68. The number of rotatable bonds is 2. The van der Waals surface area contributed by atoms with Crippen LogP contribution in [0.15, 0.2) is 24.7 Å². The highest BCUT2D eigenvalue weighted by Gasteiger charge is 2.36. The zero-order valence-electron chi connectivity index (χ0n) is 11.6. The summed E-state index contributed by atoms with van der Waals surface area (Å²) in [4.78, 5) is 15.5. The van der Waals surface area contributed by atoms with E-state index in [1.165, 1.54) is 22.5 Å². The van der Waals surface area contributed by atoms with E-state index in [2.05, 4.69) is 34.9 Å². The summed E-state index contributed by atoms with van der Waals surface area (Å²) in [6.45, 7) is 6.78. The van der Waals surface area contributed by atoms with Crippen molar-refractivity contribution in [3.8, 4) is 5.69 Å². The van der Waals surface area contributed by atoms with Gasteiger partial charge in [0.15, 0.2) is 0 Å². The summed E-state index contributed by atoms with van der Waals surface area (Å²) in [6, 6.07) is 5.25. The minimum Gasteiger partial charge on any atom is -0.306 e. The summed E-state index contributed by atoms with van der Waals surface area (Å²) in [5, 5.41) is 1.44. The van der Waals surface area contributed by atoms with Crippen LogP contribution >= 0.6 is 0 Å². The van der Waals surface area contributed by atoms with Crippen molar-refractivity contribution in [1.29, 1.82) is 0 Å². The van der Waals surface area contributed by atoms with Crippen LogP contribution in [0, 0.1) is 6.92 Å². The van der Waals surface area contributed by atoms with Crippen LogP contribution in [0.3, 0.4) is 0 Å². The van der Waals surface area contributed by atoms with E-state index in [1.54, 1.807) is 0 Å². The summed E-state index contributed by atoms with van der Waals surface area (Å²) in [5.74, 6) is 0. The highest BCUT2D eigenvalue weighted by Crippen LogP contribution is 2.28. The zero-order valence-corrected chi connectivity index (χ0v) is 12.6. The van der Waals surface area contributed by atoms with Gasteiger partial charge in [-0.25, -0.2) is 4.98 Å². The Balaban J connectivity index is 2.28. The van der Waals surface area contributed by atoms with Gasteiger partial charge in [-0.3, -0.25) is 4.79 Å². The van der Waals surface area contributed by atoms with Crippen LogP contribution in [-0.2, 0) is 6.42 Å². The SMILES string of the molecule is Cc1cn(-c2ccc(C=O)c3c2[Si](C)(C)CC3)cn1. The molecule has 3 rings (SSSR count). The Morgan fingerprint density at radius 3 is 2.79 bits per heavy atom. The van der Waals surface area contributed by atoms with E-state index in [0.717, 1.165) is 24.0 Å². The second-order valence-corrected chi connectivity index (χ2v) is 10.7. The molecule has 0 amide bonds. The molecule has 1 aliphatic heterocycles. The molecule has 1 aromatic carbocycles. The number of nitrogens with zero attached hydrogens (tertiary/aromatic N) is 2. The molecule has 98 valence electrons. The summed E-state index contributed by atoms with van der Waals surface area (Å²) in [7, 11) is -1.43. The molecule has 4 heteroatoms. The Morgan fingerprint density at radius 2 is 2.16 bits per heavy atom. The first kappa shape index (κ1) is 12.4. The highest BCUT2D eigenvalue weighted by molar-refractivity contribution is 6.92. The third kappa shape index (κ3) is 1.87. The maximum Gasteiger partial charge on any atom is 0.150 e. The van der Waals surface area contributed by atoms with E-state index in [4.69, 9.17) is 0 Å². The number of hydrogen-bond acceptors (Lipinski definition) is 2. The number of benzene rings is 1. The molecule has 1 aromatic heterocycles. The minimum absolute atomic E-state index is 0.869. The number of hydrogen-bond donors (Lipinski definition) is 0. The molecule has 19 heavy (non-hydrogen) atoms. The van der Waals surface area contributed by atoms with Gasteiger partial charge in [0.05, 0.1) is 20.1 Å². The van der Waals surface area contributed by atoms with Crippen LogP contribution in [0.25, 0.3) is 5.69 Å². The molecule has 0 fully saturated rings. The van der Waals surface area contributed by atoms with Crippen molar-refractivity contribution in [3.05, 3.63) is 41.5 Å². The van der Waals surface area contributed by atoms with Gasteiger partial charge < -0.3 is 4.57 Å². The predicted molar refractivity (Wildman–Crippen MR) is 79.3 cm³/mol. The topological polar surface area (TPSA) is 34.9 Å². The molecule has 0 saturated carbocycles. The first-order valence-corrected chi connectivity index (χ1v) is 9.86. The van der Waals surface area contributed by atoms with Crippen molar-refractivity contribution < 1.29 is 4.79 Å². The predicted octanol–water partition coefficient (Wildman–Crippen LogP) is 2.46. The molecule has 0 aliphatic carbocycles. The van der Waals surface area contributed by atoms with Crippen LogP contribution < -0.4 is 5.19 Å². The van der Waals surface area contributed by atoms with Gasteiger partial charge in [0.25, 0.3) is 0 Å². The lowest BCUT2D eigenvalue weighted by molar-refractivity contribution is 0.112. The summed E-state index contributed by atoms with van der Waals surface area (Å²) in [6.07, 6.45) is 5.97. The third-order valence-electron chi connectivity index (χ3n) is 4.12. The van der Waals surface area contributed by atoms with E-state index >= 15 is 0 Å². The van der Waals surface area contributed by atoms with E-state index in [1.807, 2.05) is 19.3 Å². The lowest BCUT2D eigenvalue weighted by atomic mass is 10.1. The van der Waals surface area contributed by atoms with Crippen LogP contribution in [-0.4, -0.2) is 23.9 Å². The van der Waals surface area contributed by atoms with Crippen molar-refractivity contribution in [2.75, 3.05) is 0 Å². The van der Waals surface area contributed by atoms with Gasteiger partial charge in [-0.1, -0.05) is 13.1 Å². The molecule has 0 radical (unpaired) electrons. The number of carbonyl (C=O) groups is 1.